The summed E-state index contributed by atoms with van der Waals surface area (Å²) >= 11 is 0. The van der Waals surface area contributed by atoms with Crippen LogP contribution in [0.1, 0.15) is 16.1 Å². The first-order valence-electron chi connectivity index (χ1n) is 11.0. The summed E-state index contributed by atoms with van der Waals surface area (Å²) in [7, 11) is 0. The monoisotopic (exact) mass is 467 g/mol. The number of nitrogens with one attached hydrogen (secondary N) is 1. The number of hydrogen-bond acceptors (Lipinski definition) is 5. The molecule has 0 unspecified atom stereocenters. The second-order valence-corrected chi connectivity index (χ2v) is 8.24. The topological polar surface area (TPSA) is 93.5 Å². The summed E-state index contributed by atoms with van der Waals surface area (Å²) < 4.78 is 23.2. The van der Waals surface area contributed by atoms with Crippen LogP contribution in [0.4, 0.5) is 10.1 Å². The third kappa shape index (κ3) is 3.30. The van der Waals surface area contributed by atoms with Crippen molar-refractivity contribution in [3.05, 3.63) is 100 Å². The summed E-state index contributed by atoms with van der Waals surface area (Å²) in [6, 6.07) is 17.9. The van der Waals surface area contributed by atoms with Crippen LogP contribution in [-0.4, -0.2) is 27.2 Å². The minimum Gasteiger partial charge on any atom is -0.477 e. The number of aromatic nitrogens is 2. The van der Waals surface area contributed by atoms with Crippen molar-refractivity contribution in [3.8, 4) is 17.2 Å². The largest absolute Gasteiger partial charge is 0.477 e. The average Bonchev–Trinajstić information content (AvgIpc) is 2.87. The van der Waals surface area contributed by atoms with E-state index in [0.29, 0.717) is 29.9 Å². The van der Waals surface area contributed by atoms with Gasteiger partial charge in [0.15, 0.2) is 17.3 Å². The highest BCUT2D eigenvalue weighted by atomic mass is 19.1. The zero-order chi connectivity index (χ0) is 24.1. The van der Waals surface area contributed by atoms with Crippen molar-refractivity contribution in [2.45, 2.75) is 6.42 Å². The van der Waals surface area contributed by atoms with Crippen molar-refractivity contribution >= 4 is 33.3 Å². The Morgan fingerprint density at radius 3 is 2.71 bits per heavy atom. The molecule has 0 bridgehead atoms. The predicted octanol–water partition coefficient (Wildman–Crippen LogP) is 5.14. The molecule has 3 heterocycles. The number of fused-ring (bicyclic) bond motifs is 4. The minimum absolute atomic E-state index is 0.0636. The Morgan fingerprint density at radius 2 is 1.91 bits per heavy atom. The number of hydrogen-bond donors (Lipinski definition) is 2. The fourth-order valence-electron chi connectivity index (χ4n) is 4.56. The summed E-state index contributed by atoms with van der Waals surface area (Å²) in [6.45, 7) is 0.373. The molecule has 7 nitrogen and oxygen atoms in total. The molecule has 5 aromatic rings. The molecular weight excluding hydrogens is 449 g/mol. The van der Waals surface area contributed by atoms with Gasteiger partial charge in [-0.15, -0.1) is 0 Å². The minimum atomic E-state index is -1.38. The Kier molecular flexibility index (Phi) is 4.74. The first kappa shape index (κ1) is 20.9. The quantitative estimate of drug-likeness (QED) is 0.365. The number of rotatable bonds is 5. The van der Waals surface area contributed by atoms with E-state index in [-0.39, 0.29) is 16.8 Å². The predicted molar refractivity (Wildman–Crippen MR) is 130 cm³/mol. The van der Waals surface area contributed by atoms with E-state index in [1.165, 1.54) is 6.20 Å². The molecule has 6 rings (SSSR count). The zero-order valence-electron chi connectivity index (χ0n) is 18.3. The van der Waals surface area contributed by atoms with Gasteiger partial charge in [0, 0.05) is 36.4 Å². The fraction of sp³-hybridized carbons (Fsp3) is 0.0741. The van der Waals surface area contributed by atoms with Crippen LogP contribution in [0.5, 0.6) is 11.5 Å². The molecule has 8 heteroatoms. The molecule has 0 spiro atoms. The number of ether oxygens (including phenoxy) is 1. The van der Waals surface area contributed by atoms with Crippen LogP contribution < -0.4 is 15.5 Å². The summed E-state index contributed by atoms with van der Waals surface area (Å²) in [6.07, 6.45) is 3.53. The van der Waals surface area contributed by atoms with Crippen molar-refractivity contribution in [2.24, 2.45) is 0 Å². The Labute approximate surface area is 198 Å². The molecule has 1 aliphatic heterocycles. The summed E-state index contributed by atoms with van der Waals surface area (Å²) in [4.78, 5) is 29.2. The Bertz CT molecular complexity index is 1710. The number of halogens is 1. The molecule has 0 radical (unpaired) electrons. The molecule has 0 atom stereocenters. The highest BCUT2D eigenvalue weighted by molar-refractivity contribution is 6.02. The van der Waals surface area contributed by atoms with Gasteiger partial charge in [0.05, 0.1) is 11.1 Å². The second-order valence-electron chi connectivity index (χ2n) is 8.24. The second kappa shape index (κ2) is 7.95. The van der Waals surface area contributed by atoms with Gasteiger partial charge in [0.1, 0.15) is 16.8 Å². The van der Waals surface area contributed by atoms with Crippen LogP contribution in [-0.2, 0) is 6.42 Å². The van der Waals surface area contributed by atoms with E-state index in [0.717, 1.165) is 22.5 Å². The highest BCUT2D eigenvalue weighted by Gasteiger charge is 2.29. The summed E-state index contributed by atoms with van der Waals surface area (Å²) in [5, 5.41) is 14.4. The maximum absolute atomic E-state index is 15.3. The lowest BCUT2D eigenvalue weighted by Gasteiger charge is -2.27. The smallest absolute Gasteiger partial charge is 0.341 e. The SMILES string of the molecule is O=C(O)c1cn2c3c(c(NCCc4ccccn4)c(F)cc3c1=O)Oc1ccc3ccccc3c1-2. The fourth-order valence-corrected chi connectivity index (χ4v) is 4.56. The molecule has 1 aliphatic rings. The van der Waals surface area contributed by atoms with Crippen LogP contribution in [0.2, 0.25) is 0 Å². The van der Waals surface area contributed by atoms with E-state index in [2.05, 4.69) is 10.3 Å². The van der Waals surface area contributed by atoms with E-state index in [4.69, 9.17) is 4.74 Å². The maximum atomic E-state index is 15.3. The van der Waals surface area contributed by atoms with E-state index in [1.807, 2.05) is 48.5 Å². The van der Waals surface area contributed by atoms with E-state index < -0.39 is 22.8 Å². The van der Waals surface area contributed by atoms with Crippen LogP contribution >= 0.6 is 0 Å². The van der Waals surface area contributed by atoms with Crippen molar-refractivity contribution < 1.29 is 19.0 Å². The molecule has 2 N–H and O–H groups in total. The van der Waals surface area contributed by atoms with Crippen LogP contribution in [0.15, 0.2) is 77.9 Å². The van der Waals surface area contributed by atoms with Gasteiger partial charge >= 0.3 is 5.97 Å². The van der Waals surface area contributed by atoms with Gasteiger partial charge in [-0.2, -0.15) is 0 Å². The average molecular weight is 467 g/mol. The molecule has 0 saturated carbocycles. The van der Waals surface area contributed by atoms with E-state index >= 15 is 4.39 Å². The van der Waals surface area contributed by atoms with Crippen LogP contribution in [0, 0.1) is 5.82 Å². The van der Waals surface area contributed by atoms with Gasteiger partial charge in [-0.1, -0.05) is 36.4 Å². The highest BCUT2D eigenvalue weighted by Crippen LogP contribution is 2.47. The van der Waals surface area contributed by atoms with Crippen molar-refractivity contribution in [1.29, 1.82) is 0 Å². The molecule has 0 saturated heterocycles. The summed E-state index contributed by atoms with van der Waals surface area (Å²) in [5.41, 5.74) is 0.634. The van der Waals surface area contributed by atoms with Gasteiger partial charge in [-0.3, -0.25) is 9.78 Å². The third-order valence-corrected chi connectivity index (χ3v) is 6.15. The van der Waals surface area contributed by atoms with Gasteiger partial charge in [-0.05, 0) is 29.7 Å². The molecule has 0 fully saturated rings. The normalized spacial score (nSPS) is 11.8. The molecule has 0 amide bonds. The van der Waals surface area contributed by atoms with Crippen LogP contribution in [0.25, 0.3) is 27.4 Å². The number of aromatic carboxylic acids is 1. The molecule has 172 valence electrons. The first-order chi connectivity index (χ1) is 17.0. The molecular formula is C27H18FN3O4. The van der Waals surface area contributed by atoms with Gasteiger partial charge in [0.2, 0.25) is 5.43 Å². The van der Waals surface area contributed by atoms with Gasteiger partial charge in [-0.25, -0.2) is 9.18 Å². The number of carboxylic acids is 1. The van der Waals surface area contributed by atoms with Crippen molar-refractivity contribution in [3.63, 3.8) is 0 Å². The lowest BCUT2D eigenvalue weighted by Crippen LogP contribution is -2.21. The number of anilines is 1. The van der Waals surface area contributed by atoms with Crippen LogP contribution in [0.3, 0.4) is 0 Å². The maximum Gasteiger partial charge on any atom is 0.341 e. The van der Waals surface area contributed by atoms with Crippen molar-refractivity contribution in [2.75, 3.05) is 11.9 Å². The van der Waals surface area contributed by atoms with Gasteiger partial charge in [0.25, 0.3) is 0 Å². The van der Waals surface area contributed by atoms with E-state index in [9.17, 15) is 14.7 Å². The number of nitrogens with zero attached hydrogens (tertiary/aromatic N) is 2. The third-order valence-electron chi connectivity index (χ3n) is 6.15. The molecule has 0 aliphatic carbocycles. The Hall–Kier alpha value is -4.72. The number of pyridine rings is 2. The first-order valence-corrected chi connectivity index (χ1v) is 11.0. The molecule has 3 aromatic carbocycles. The lowest BCUT2D eigenvalue weighted by atomic mass is 10.0. The number of benzene rings is 3. The molecule has 35 heavy (non-hydrogen) atoms. The Morgan fingerprint density at radius 1 is 1.09 bits per heavy atom. The van der Waals surface area contributed by atoms with E-state index in [1.54, 1.807) is 16.8 Å². The standard InChI is InChI=1S/C27H18FN3O4/c28-20-13-18-24-26(22(20)30-12-10-16-6-3-4-11-29-16)35-21-9-8-15-5-1-2-7-17(15)23(21)31(24)14-19(25(18)32)27(33)34/h1-9,11,13-14,30H,10,12H2,(H,33,34). The number of carbonyl (C=O) groups is 1. The Balaban J connectivity index is 1.59. The lowest BCUT2D eigenvalue weighted by molar-refractivity contribution is 0.0695. The summed E-state index contributed by atoms with van der Waals surface area (Å²) in [5.74, 6) is -1.52. The molecule has 2 aromatic heterocycles. The zero-order valence-corrected chi connectivity index (χ0v) is 18.3. The van der Waals surface area contributed by atoms with Crippen molar-refractivity contribution in [1.82, 2.24) is 9.55 Å². The number of carboxylic acid groups (broad SMARTS) is 1. The van der Waals surface area contributed by atoms with Gasteiger partial charge < -0.3 is 19.7 Å².